The molecule has 2 rings (SSSR count). The predicted molar refractivity (Wildman–Crippen MR) is 91.0 cm³/mol. The van der Waals surface area contributed by atoms with Crippen LogP contribution < -0.4 is 10.1 Å². The number of halogens is 1. The molecule has 1 aromatic rings. The van der Waals surface area contributed by atoms with E-state index in [1.54, 1.807) is 19.1 Å². The molecule has 23 heavy (non-hydrogen) atoms. The normalized spacial score (nSPS) is 13.9. The number of para-hydroxylation sites is 1. The van der Waals surface area contributed by atoms with Crippen molar-refractivity contribution in [3.8, 4) is 5.75 Å². The summed E-state index contributed by atoms with van der Waals surface area (Å²) in [7, 11) is 3.25. The Hall–Kier alpha value is -1.79. The molecule has 0 bridgehead atoms. The lowest BCUT2D eigenvalue weighted by atomic mass is 10.1. The van der Waals surface area contributed by atoms with Gasteiger partial charge in [-0.3, -0.25) is 9.59 Å². The summed E-state index contributed by atoms with van der Waals surface area (Å²) in [5, 5.41) is 3.20. The second kappa shape index (κ2) is 9.37. The number of likely N-dealkylation sites (N-methyl/N-ethyl adjacent to an activating group) is 1. The Kier molecular flexibility index (Phi) is 7.85. The van der Waals surface area contributed by atoms with Gasteiger partial charge in [-0.25, -0.2) is 0 Å². The summed E-state index contributed by atoms with van der Waals surface area (Å²) in [4.78, 5) is 27.7. The molecule has 1 aliphatic rings. The van der Waals surface area contributed by atoms with E-state index in [1.165, 1.54) is 4.90 Å². The highest BCUT2D eigenvalue weighted by atomic mass is 35.5. The molecule has 0 saturated carbocycles. The molecular weight excluding hydrogens is 318 g/mol. The summed E-state index contributed by atoms with van der Waals surface area (Å²) in [5.41, 5.74) is 0.830. The zero-order chi connectivity index (χ0) is 15.9. The Labute approximate surface area is 143 Å². The van der Waals surface area contributed by atoms with E-state index in [-0.39, 0.29) is 37.2 Å². The fourth-order valence-corrected chi connectivity index (χ4v) is 2.45. The first-order chi connectivity index (χ1) is 10.6. The summed E-state index contributed by atoms with van der Waals surface area (Å²) in [6.07, 6.45) is 0.231. The third kappa shape index (κ3) is 5.41. The van der Waals surface area contributed by atoms with Crippen molar-refractivity contribution < 1.29 is 14.3 Å². The zero-order valence-corrected chi connectivity index (χ0v) is 14.4. The van der Waals surface area contributed by atoms with Crippen LogP contribution in [-0.4, -0.2) is 68.5 Å². The van der Waals surface area contributed by atoms with Gasteiger partial charge in [0.2, 0.25) is 11.8 Å². The lowest BCUT2D eigenvalue weighted by molar-refractivity contribution is -0.139. The summed E-state index contributed by atoms with van der Waals surface area (Å²) in [6.45, 7) is 3.14. The standard InChI is InChI=1S/C16H23N3O3.ClH/c1-18(12-16(21)19-9-7-17-8-10-19)15(20)11-13-5-3-4-6-14(13)22-2;/h3-6,17H,7-12H2,1-2H3;1H. The van der Waals surface area contributed by atoms with E-state index in [0.29, 0.717) is 18.8 Å². The SMILES string of the molecule is COc1ccccc1CC(=O)N(C)CC(=O)N1CCNCC1.Cl. The summed E-state index contributed by atoms with van der Waals surface area (Å²) in [6, 6.07) is 7.43. The van der Waals surface area contributed by atoms with Gasteiger partial charge in [0.1, 0.15) is 5.75 Å². The van der Waals surface area contributed by atoms with Gasteiger partial charge < -0.3 is 19.9 Å². The van der Waals surface area contributed by atoms with Gasteiger partial charge in [0.25, 0.3) is 0 Å². The Bertz CT molecular complexity index is 533. The van der Waals surface area contributed by atoms with Crippen LogP contribution in [0.1, 0.15) is 5.56 Å². The van der Waals surface area contributed by atoms with Crippen molar-refractivity contribution in [3.63, 3.8) is 0 Å². The van der Waals surface area contributed by atoms with Gasteiger partial charge in [-0.2, -0.15) is 0 Å². The summed E-state index contributed by atoms with van der Waals surface area (Å²) in [5.74, 6) is 0.600. The minimum absolute atomic E-state index is 0. The number of hydrogen-bond acceptors (Lipinski definition) is 4. The molecule has 0 aliphatic carbocycles. The van der Waals surface area contributed by atoms with Gasteiger partial charge in [0, 0.05) is 38.8 Å². The second-order valence-corrected chi connectivity index (χ2v) is 5.37. The number of nitrogens with one attached hydrogen (secondary N) is 1. The third-order valence-electron chi connectivity index (χ3n) is 3.80. The minimum Gasteiger partial charge on any atom is -0.496 e. The van der Waals surface area contributed by atoms with Crippen LogP contribution >= 0.6 is 12.4 Å². The molecule has 0 radical (unpaired) electrons. The van der Waals surface area contributed by atoms with E-state index in [1.807, 2.05) is 24.3 Å². The lowest BCUT2D eigenvalue weighted by Crippen LogP contribution is -2.49. The second-order valence-electron chi connectivity index (χ2n) is 5.37. The molecule has 1 aromatic carbocycles. The average molecular weight is 342 g/mol. The van der Waals surface area contributed by atoms with Gasteiger partial charge >= 0.3 is 0 Å². The largest absolute Gasteiger partial charge is 0.496 e. The van der Waals surface area contributed by atoms with Gasteiger partial charge in [-0.15, -0.1) is 12.4 Å². The van der Waals surface area contributed by atoms with Gasteiger partial charge in [0.05, 0.1) is 20.1 Å². The molecule has 0 spiro atoms. The number of ether oxygens (including phenoxy) is 1. The summed E-state index contributed by atoms with van der Waals surface area (Å²) >= 11 is 0. The fraction of sp³-hybridized carbons (Fsp3) is 0.500. The Balaban J connectivity index is 0.00000264. The van der Waals surface area contributed by atoms with Crippen molar-refractivity contribution in [1.29, 1.82) is 0 Å². The molecule has 128 valence electrons. The number of amides is 2. The van der Waals surface area contributed by atoms with Gasteiger partial charge in [0.15, 0.2) is 0 Å². The maximum absolute atomic E-state index is 12.3. The zero-order valence-electron chi connectivity index (χ0n) is 13.6. The predicted octanol–water partition coefficient (Wildman–Crippen LogP) is 0.550. The van der Waals surface area contributed by atoms with E-state index in [0.717, 1.165) is 18.7 Å². The van der Waals surface area contributed by atoms with Crippen molar-refractivity contribution >= 4 is 24.2 Å². The quantitative estimate of drug-likeness (QED) is 0.849. The fourth-order valence-electron chi connectivity index (χ4n) is 2.45. The summed E-state index contributed by atoms with van der Waals surface area (Å²) < 4.78 is 5.25. The molecule has 1 saturated heterocycles. The smallest absolute Gasteiger partial charge is 0.242 e. The minimum atomic E-state index is -0.0898. The molecule has 0 atom stereocenters. The van der Waals surface area contributed by atoms with Gasteiger partial charge in [-0.1, -0.05) is 18.2 Å². The van der Waals surface area contributed by atoms with E-state index in [9.17, 15) is 9.59 Å². The van der Waals surface area contributed by atoms with Crippen LogP contribution in [0.2, 0.25) is 0 Å². The molecule has 1 aliphatic heterocycles. The van der Waals surface area contributed by atoms with E-state index in [2.05, 4.69) is 5.32 Å². The highest BCUT2D eigenvalue weighted by molar-refractivity contribution is 5.86. The van der Waals surface area contributed by atoms with Gasteiger partial charge in [-0.05, 0) is 6.07 Å². The highest BCUT2D eigenvalue weighted by Gasteiger charge is 2.20. The number of rotatable bonds is 5. The topological polar surface area (TPSA) is 61.9 Å². The molecule has 6 nitrogen and oxygen atoms in total. The number of carbonyl (C=O) groups is 2. The van der Waals surface area contributed by atoms with Crippen molar-refractivity contribution in [2.75, 3.05) is 46.9 Å². The van der Waals surface area contributed by atoms with Crippen molar-refractivity contribution in [1.82, 2.24) is 15.1 Å². The molecular formula is C16H24ClN3O3. The van der Waals surface area contributed by atoms with E-state index < -0.39 is 0 Å². The molecule has 1 N–H and O–H groups in total. The number of nitrogens with zero attached hydrogens (tertiary/aromatic N) is 2. The number of piperazine rings is 1. The monoisotopic (exact) mass is 341 g/mol. The maximum Gasteiger partial charge on any atom is 0.242 e. The van der Waals surface area contributed by atoms with Crippen LogP contribution in [0, 0.1) is 0 Å². The first kappa shape index (κ1) is 19.3. The highest BCUT2D eigenvalue weighted by Crippen LogP contribution is 2.18. The van der Waals surface area contributed by atoms with Crippen molar-refractivity contribution in [3.05, 3.63) is 29.8 Å². The third-order valence-corrected chi connectivity index (χ3v) is 3.80. The average Bonchev–Trinajstić information content (AvgIpc) is 2.56. The molecule has 1 fully saturated rings. The molecule has 2 amide bonds. The van der Waals surface area contributed by atoms with Crippen LogP contribution in [0.25, 0.3) is 0 Å². The number of benzene rings is 1. The number of carbonyl (C=O) groups excluding carboxylic acids is 2. The van der Waals surface area contributed by atoms with Crippen LogP contribution in [0.15, 0.2) is 24.3 Å². The lowest BCUT2D eigenvalue weighted by Gasteiger charge is -2.29. The van der Waals surface area contributed by atoms with E-state index in [4.69, 9.17) is 4.74 Å². The molecule has 0 unspecified atom stereocenters. The Morgan fingerprint density at radius 1 is 1.26 bits per heavy atom. The van der Waals surface area contributed by atoms with Crippen LogP contribution in [0.3, 0.4) is 0 Å². The van der Waals surface area contributed by atoms with Crippen LogP contribution in [-0.2, 0) is 16.0 Å². The first-order valence-electron chi connectivity index (χ1n) is 7.46. The molecule has 7 heteroatoms. The maximum atomic E-state index is 12.3. The molecule has 0 aromatic heterocycles. The van der Waals surface area contributed by atoms with Crippen LogP contribution in [0.5, 0.6) is 5.75 Å². The molecule has 1 heterocycles. The Morgan fingerprint density at radius 3 is 2.57 bits per heavy atom. The first-order valence-corrected chi connectivity index (χ1v) is 7.46. The van der Waals surface area contributed by atoms with Crippen LogP contribution in [0.4, 0.5) is 0 Å². The number of hydrogen-bond donors (Lipinski definition) is 1. The number of methoxy groups -OCH3 is 1. The van der Waals surface area contributed by atoms with Crippen molar-refractivity contribution in [2.45, 2.75) is 6.42 Å². The van der Waals surface area contributed by atoms with Crippen molar-refractivity contribution in [2.24, 2.45) is 0 Å². The van der Waals surface area contributed by atoms with E-state index >= 15 is 0 Å². The Morgan fingerprint density at radius 2 is 1.91 bits per heavy atom.